The van der Waals surface area contributed by atoms with Crippen molar-refractivity contribution in [3.63, 3.8) is 0 Å². The summed E-state index contributed by atoms with van der Waals surface area (Å²) < 4.78 is 5.26. The van der Waals surface area contributed by atoms with Gasteiger partial charge in [-0.1, -0.05) is 11.6 Å². The van der Waals surface area contributed by atoms with Crippen LogP contribution in [0.1, 0.15) is 16.1 Å². The molecule has 1 amide bonds. The number of primary amides is 1. The lowest BCUT2D eigenvalue weighted by atomic mass is 10.2. The predicted molar refractivity (Wildman–Crippen MR) is 83.2 cm³/mol. The largest absolute Gasteiger partial charge is 0.495 e. The third-order valence-electron chi connectivity index (χ3n) is 2.91. The molecule has 0 atom stereocenters. The van der Waals surface area contributed by atoms with Gasteiger partial charge in [0.2, 0.25) is 0 Å². The van der Waals surface area contributed by atoms with Crippen molar-refractivity contribution < 1.29 is 9.53 Å². The van der Waals surface area contributed by atoms with Crippen LogP contribution >= 0.6 is 11.6 Å². The summed E-state index contributed by atoms with van der Waals surface area (Å²) in [4.78, 5) is 15.3. The van der Waals surface area contributed by atoms with Crippen LogP contribution in [0.15, 0.2) is 24.3 Å². The van der Waals surface area contributed by atoms with Gasteiger partial charge in [-0.15, -0.1) is 0 Å². The highest BCUT2D eigenvalue weighted by molar-refractivity contribution is 6.31. The molecule has 0 aliphatic heterocycles. The first-order chi connectivity index (χ1) is 9.92. The van der Waals surface area contributed by atoms with Crippen LogP contribution in [0.3, 0.4) is 0 Å². The van der Waals surface area contributed by atoms with E-state index in [0.717, 1.165) is 5.56 Å². The number of ether oxygens (including phenoxy) is 1. The number of hydrogen-bond acceptors (Lipinski definition) is 5. The molecule has 0 aliphatic rings. The molecule has 0 aliphatic carbocycles. The second-order valence-corrected chi connectivity index (χ2v) is 4.83. The minimum Gasteiger partial charge on any atom is -0.495 e. The molecule has 0 spiro atoms. The zero-order valence-corrected chi connectivity index (χ0v) is 12.4. The molecule has 0 radical (unpaired) electrons. The first kappa shape index (κ1) is 14.9. The smallest absolute Gasteiger partial charge is 0.267 e. The highest BCUT2D eigenvalue weighted by Crippen LogP contribution is 2.33. The van der Waals surface area contributed by atoms with Gasteiger partial charge in [-0.25, -0.2) is 4.98 Å². The van der Waals surface area contributed by atoms with E-state index >= 15 is 0 Å². The molecule has 5 N–H and O–H groups in total. The van der Waals surface area contributed by atoms with Crippen molar-refractivity contribution in [2.75, 3.05) is 18.2 Å². The van der Waals surface area contributed by atoms with Gasteiger partial charge < -0.3 is 21.5 Å². The zero-order valence-electron chi connectivity index (χ0n) is 11.6. The number of halogens is 1. The predicted octanol–water partition coefficient (Wildman–Crippen LogP) is 2.48. The Hall–Kier alpha value is -2.47. The lowest BCUT2D eigenvalue weighted by molar-refractivity contribution is 0.0996. The van der Waals surface area contributed by atoms with E-state index in [4.69, 9.17) is 27.8 Å². The first-order valence-electron chi connectivity index (χ1n) is 6.10. The summed E-state index contributed by atoms with van der Waals surface area (Å²) in [5.41, 5.74) is 13.1. The number of nitrogen functional groups attached to an aromatic ring is 1. The fourth-order valence-corrected chi connectivity index (χ4v) is 1.92. The van der Waals surface area contributed by atoms with E-state index in [2.05, 4.69) is 10.3 Å². The summed E-state index contributed by atoms with van der Waals surface area (Å²) in [5, 5.41) is 3.61. The van der Waals surface area contributed by atoms with E-state index in [0.29, 0.717) is 28.0 Å². The normalized spacial score (nSPS) is 10.2. The van der Waals surface area contributed by atoms with Gasteiger partial charge in [0, 0.05) is 11.1 Å². The average molecular weight is 307 g/mol. The standard InChI is InChI=1S/C14H15ClN4O2/c1-7-5-11(12(21-2)6-8(7)15)19-14-9(16)3-4-10(18-14)13(17)20/h3-6H,16H2,1-2H3,(H2,17,20)(H,18,19). The number of hydrogen-bond donors (Lipinski definition) is 3. The third kappa shape index (κ3) is 3.17. The molecular weight excluding hydrogens is 292 g/mol. The number of carbonyl (C=O) groups excluding carboxylic acids is 1. The highest BCUT2D eigenvalue weighted by atomic mass is 35.5. The Morgan fingerprint density at radius 3 is 2.71 bits per heavy atom. The number of aryl methyl sites for hydroxylation is 1. The molecule has 1 aromatic carbocycles. The molecule has 6 nitrogen and oxygen atoms in total. The van der Waals surface area contributed by atoms with Gasteiger partial charge in [-0.2, -0.15) is 0 Å². The summed E-state index contributed by atoms with van der Waals surface area (Å²) in [6.07, 6.45) is 0. The Kier molecular flexibility index (Phi) is 4.18. The number of aromatic nitrogens is 1. The van der Waals surface area contributed by atoms with Crippen molar-refractivity contribution in [3.05, 3.63) is 40.5 Å². The molecule has 2 aromatic rings. The Bertz CT molecular complexity index is 704. The number of nitrogens with two attached hydrogens (primary N) is 2. The van der Waals surface area contributed by atoms with Crippen LogP contribution in [0.4, 0.5) is 17.2 Å². The second kappa shape index (κ2) is 5.88. The fraction of sp³-hybridized carbons (Fsp3) is 0.143. The average Bonchev–Trinajstić information content (AvgIpc) is 2.44. The van der Waals surface area contributed by atoms with Crippen molar-refractivity contribution in [2.45, 2.75) is 6.92 Å². The van der Waals surface area contributed by atoms with Crippen LogP contribution in [0.2, 0.25) is 5.02 Å². The lowest BCUT2D eigenvalue weighted by Gasteiger charge is -2.14. The summed E-state index contributed by atoms with van der Waals surface area (Å²) in [7, 11) is 1.53. The quantitative estimate of drug-likeness (QED) is 0.805. The molecule has 0 fully saturated rings. The van der Waals surface area contributed by atoms with Crippen molar-refractivity contribution in [1.82, 2.24) is 4.98 Å². The Morgan fingerprint density at radius 2 is 2.10 bits per heavy atom. The van der Waals surface area contributed by atoms with Crippen LogP contribution in [0, 0.1) is 6.92 Å². The van der Waals surface area contributed by atoms with Crippen molar-refractivity contribution in [3.8, 4) is 5.75 Å². The maximum Gasteiger partial charge on any atom is 0.267 e. The maximum absolute atomic E-state index is 11.2. The van der Waals surface area contributed by atoms with E-state index in [1.54, 1.807) is 18.2 Å². The molecule has 2 rings (SSSR count). The van der Waals surface area contributed by atoms with E-state index in [9.17, 15) is 4.79 Å². The molecule has 1 aromatic heterocycles. The topological polar surface area (TPSA) is 103 Å². The number of rotatable bonds is 4. The summed E-state index contributed by atoms with van der Waals surface area (Å²) in [5.74, 6) is 0.236. The van der Waals surface area contributed by atoms with Gasteiger partial charge in [0.25, 0.3) is 5.91 Å². The maximum atomic E-state index is 11.2. The number of amides is 1. The van der Waals surface area contributed by atoms with Crippen molar-refractivity contribution in [2.24, 2.45) is 5.73 Å². The lowest BCUT2D eigenvalue weighted by Crippen LogP contribution is -2.14. The van der Waals surface area contributed by atoms with Crippen molar-refractivity contribution >= 4 is 34.7 Å². The van der Waals surface area contributed by atoms with E-state index in [1.165, 1.54) is 13.2 Å². The number of benzene rings is 1. The summed E-state index contributed by atoms with van der Waals surface area (Å²) >= 11 is 6.06. The summed E-state index contributed by atoms with van der Waals surface area (Å²) in [6.45, 7) is 1.86. The molecule has 0 saturated heterocycles. The number of carbonyl (C=O) groups is 1. The second-order valence-electron chi connectivity index (χ2n) is 4.43. The Labute approximate surface area is 127 Å². The van der Waals surface area contributed by atoms with Crippen LogP contribution in [0.25, 0.3) is 0 Å². The number of methoxy groups -OCH3 is 1. The number of nitrogens with zero attached hydrogens (tertiary/aromatic N) is 1. The van der Waals surface area contributed by atoms with Crippen LogP contribution in [-0.2, 0) is 0 Å². The third-order valence-corrected chi connectivity index (χ3v) is 3.32. The van der Waals surface area contributed by atoms with Gasteiger partial charge in [0.1, 0.15) is 11.4 Å². The van der Waals surface area contributed by atoms with Gasteiger partial charge in [-0.05, 0) is 30.7 Å². The Morgan fingerprint density at radius 1 is 1.38 bits per heavy atom. The van der Waals surface area contributed by atoms with E-state index in [1.807, 2.05) is 6.92 Å². The first-order valence-corrected chi connectivity index (χ1v) is 6.47. The number of nitrogens with one attached hydrogen (secondary N) is 1. The zero-order chi connectivity index (χ0) is 15.6. The molecule has 0 saturated carbocycles. The monoisotopic (exact) mass is 306 g/mol. The van der Waals surface area contributed by atoms with E-state index < -0.39 is 5.91 Å². The van der Waals surface area contributed by atoms with Gasteiger partial charge in [-0.3, -0.25) is 4.79 Å². The Balaban J connectivity index is 2.44. The fourth-order valence-electron chi connectivity index (χ4n) is 1.76. The molecule has 110 valence electrons. The van der Waals surface area contributed by atoms with Gasteiger partial charge >= 0.3 is 0 Å². The number of anilines is 3. The highest BCUT2D eigenvalue weighted by Gasteiger charge is 2.11. The van der Waals surface area contributed by atoms with Crippen molar-refractivity contribution in [1.29, 1.82) is 0 Å². The van der Waals surface area contributed by atoms with Gasteiger partial charge in [0.05, 0.1) is 18.5 Å². The molecule has 0 bridgehead atoms. The SMILES string of the molecule is COc1cc(Cl)c(C)cc1Nc1nc(C(N)=O)ccc1N. The minimum atomic E-state index is -0.627. The molecular formula is C14H15ClN4O2. The molecule has 1 heterocycles. The van der Waals surface area contributed by atoms with E-state index in [-0.39, 0.29) is 5.69 Å². The summed E-state index contributed by atoms with van der Waals surface area (Å²) in [6, 6.07) is 6.52. The molecule has 21 heavy (non-hydrogen) atoms. The van der Waals surface area contributed by atoms with Gasteiger partial charge in [0.15, 0.2) is 5.82 Å². The minimum absolute atomic E-state index is 0.122. The van der Waals surface area contributed by atoms with Crippen LogP contribution in [-0.4, -0.2) is 18.0 Å². The molecule has 7 heteroatoms. The number of pyridine rings is 1. The van der Waals surface area contributed by atoms with Crippen LogP contribution < -0.4 is 21.5 Å². The molecule has 0 unspecified atom stereocenters. The van der Waals surface area contributed by atoms with Crippen LogP contribution in [0.5, 0.6) is 5.75 Å².